The van der Waals surface area contributed by atoms with Crippen LogP contribution in [0.5, 0.6) is 0 Å². The van der Waals surface area contributed by atoms with Crippen molar-refractivity contribution in [2.75, 3.05) is 0 Å². The fourth-order valence-corrected chi connectivity index (χ4v) is 5.42. The van der Waals surface area contributed by atoms with Crippen LogP contribution in [0, 0.1) is 0 Å². The van der Waals surface area contributed by atoms with Gasteiger partial charge in [-0.1, -0.05) is 86.8 Å². The van der Waals surface area contributed by atoms with E-state index in [1.807, 2.05) is 0 Å². The summed E-state index contributed by atoms with van der Waals surface area (Å²) in [7, 11) is 2.27. The predicted molar refractivity (Wildman–Crippen MR) is 118 cm³/mol. The summed E-state index contributed by atoms with van der Waals surface area (Å²) < 4.78 is 1.19. The summed E-state index contributed by atoms with van der Waals surface area (Å²) >= 11 is 3.91. The van der Waals surface area contributed by atoms with Crippen molar-refractivity contribution in [2.24, 2.45) is 0 Å². The van der Waals surface area contributed by atoms with E-state index in [1.165, 1.54) is 53.7 Å². The molecule has 0 bridgehead atoms. The molecule has 2 heteroatoms. The smallest absolute Gasteiger partial charge is 0.0872 e. The summed E-state index contributed by atoms with van der Waals surface area (Å²) in [5.41, 5.74) is 7.00. The van der Waals surface area contributed by atoms with Crippen molar-refractivity contribution < 1.29 is 0 Å². The molecule has 0 aliphatic heterocycles. The van der Waals surface area contributed by atoms with Crippen LogP contribution in [-0.4, -0.2) is 7.28 Å². The van der Waals surface area contributed by atoms with Gasteiger partial charge in [-0.05, 0) is 59.7 Å². The maximum absolute atomic E-state index is 3.91. The summed E-state index contributed by atoms with van der Waals surface area (Å²) in [6.07, 6.45) is 0. The number of halogens is 1. The normalized spacial score (nSPS) is 14.5. The van der Waals surface area contributed by atoms with Crippen molar-refractivity contribution in [3.05, 3.63) is 76.3 Å². The molecule has 1 aliphatic carbocycles. The molecule has 0 aromatic heterocycles. The van der Waals surface area contributed by atoms with Crippen molar-refractivity contribution in [1.29, 1.82) is 0 Å². The summed E-state index contributed by atoms with van der Waals surface area (Å²) in [5.74, 6) is 0. The van der Waals surface area contributed by atoms with Crippen molar-refractivity contribution in [3.8, 4) is 11.1 Å². The first-order valence-electron chi connectivity index (χ1n) is 9.12. The minimum atomic E-state index is 0.0310. The summed E-state index contributed by atoms with van der Waals surface area (Å²) in [4.78, 5) is 0. The molecule has 0 N–H and O–H groups in total. The quantitative estimate of drug-likeness (QED) is 0.256. The van der Waals surface area contributed by atoms with E-state index in [1.54, 1.807) is 0 Å². The van der Waals surface area contributed by atoms with E-state index in [0.29, 0.717) is 0 Å². The minimum absolute atomic E-state index is 0.0310. The maximum atomic E-state index is 3.91. The van der Waals surface area contributed by atoms with Crippen LogP contribution >= 0.6 is 15.9 Å². The topological polar surface area (TPSA) is 0 Å². The highest BCUT2D eigenvalue weighted by Crippen LogP contribution is 2.51. The molecule has 0 heterocycles. The molecular weight excluding hydrogens is 379 g/mol. The van der Waals surface area contributed by atoms with Crippen LogP contribution in [-0.2, 0) is 5.41 Å². The molecular formula is C24H19BBr. The fraction of sp³-hybridized carbons (Fsp3) is 0.167. The Morgan fingerprint density at radius 2 is 1.46 bits per heavy atom. The molecule has 0 spiro atoms. The average Bonchev–Trinajstić information content (AvgIpc) is 2.90. The van der Waals surface area contributed by atoms with Gasteiger partial charge in [-0.3, -0.25) is 0 Å². The zero-order valence-electron chi connectivity index (χ0n) is 15.2. The van der Waals surface area contributed by atoms with Crippen LogP contribution in [0.4, 0.5) is 0 Å². The maximum Gasteiger partial charge on any atom is 0.149 e. The zero-order chi connectivity index (χ0) is 18.1. The first kappa shape index (κ1) is 16.1. The molecule has 4 aromatic rings. The molecule has 0 atom stereocenters. The Morgan fingerprint density at radius 3 is 2.23 bits per heavy atom. The highest BCUT2D eigenvalue weighted by Gasteiger charge is 2.36. The largest absolute Gasteiger partial charge is 0.149 e. The Morgan fingerprint density at radius 1 is 0.769 bits per heavy atom. The van der Waals surface area contributed by atoms with E-state index in [9.17, 15) is 0 Å². The van der Waals surface area contributed by atoms with Crippen LogP contribution < -0.4 is 5.46 Å². The Kier molecular flexibility index (Phi) is 3.40. The molecule has 0 unspecified atom stereocenters. The third kappa shape index (κ3) is 1.91. The van der Waals surface area contributed by atoms with Crippen molar-refractivity contribution in [1.82, 2.24) is 0 Å². The Balaban J connectivity index is 2.08. The van der Waals surface area contributed by atoms with Gasteiger partial charge in [-0.15, -0.1) is 0 Å². The molecule has 5 rings (SSSR count). The van der Waals surface area contributed by atoms with E-state index < -0.39 is 0 Å². The summed E-state index contributed by atoms with van der Waals surface area (Å²) in [5, 5.41) is 5.25. The van der Waals surface area contributed by atoms with Gasteiger partial charge in [0.15, 0.2) is 0 Å². The van der Waals surface area contributed by atoms with Gasteiger partial charge in [-0.2, -0.15) is 0 Å². The molecule has 1 radical (unpaired) electrons. The average molecular weight is 398 g/mol. The third-order valence-electron chi connectivity index (χ3n) is 6.00. The number of fused-ring (bicyclic) bond motifs is 6. The van der Waals surface area contributed by atoms with Gasteiger partial charge in [0.25, 0.3) is 0 Å². The van der Waals surface area contributed by atoms with E-state index in [2.05, 4.69) is 105 Å². The van der Waals surface area contributed by atoms with E-state index >= 15 is 0 Å². The van der Waals surface area contributed by atoms with E-state index in [4.69, 9.17) is 0 Å². The third-order valence-corrected chi connectivity index (χ3v) is 6.85. The molecule has 26 heavy (non-hydrogen) atoms. The molecule has 4 aromatic carbocycles. The van der Waals surface area contributed by atoms with Crippen LogP contribution in [0.3, 0.4) is 0 Å². The highest BCUT2D eigenvalue weighted by atomic mass is 79.9. The SMILES string of the molecule is C[B]c1c2ccccc2c(Br)c2ccc3c(c12)-c1ccccc1C3(C)C. The van der Waals surface area contributed by atoms with E-state index in [-0.39, 0.29) is 5.41 Å². The van der Waals surface area contributed by atoms with Crippen molar-refractivity contribution in [3.63, 3.8) is 0 Å². The lowest BCUT2D eigenvalue weighted by molar-refractivity contribution is 0.661. The van der Waals surface area contributed by atoms with Crippen molar-refractivity contribution >= 4 is 50.2 Å². The standard InChI is InChI=1S/C24H19BBr/c1-24(2)18-11-7-6-10-16(18)20-19(24)13-12-17-21(20)22(25-3)14-8-4-5-9-15(14)23(17)26/h4-13H,1-3H3. The number of hydrogen-bond acceptors (Lipinski definition) is 0. The fourth-order valence-electron chi connectivity index (χ4n) is 4.75. The molecule has 0 amide bonds. The van der Waals surface area contributed by atoms with Gasteiger partial charge in [-0.25, -0.2) is 0 Å². The minimum Gasteiger partial charge on any atom is -0.0872 e. The molecule has 0 saturated heterocycles. The Hall–Kier alpha value is -2.06. The van der Waals surface area contributed by atoms with Crippen molar-refractivity contribution in [2.45, 2.75) is 26.1 Å². The lowest BCUT2D eigenvalue weighted by Gasteiger charge is -2.22. The van der Waals surface area contributed by atoms with Crippen LogP contribution in [0.15, 0.2) is 65.1 Å². The summed E-state index contributed by atoms with van der Waals surface area (Å²) in [6, 6.07) is 22.2. The van der Waals surface area contributed by atoms with Gasteiger partial charge < -0.3 is 0 Å². The van der Waals surface area contributed by atoms with Crippen LogP contribution in [0.25, 0.3) is 32.7 Å². The Bertz CT molecular complexity index is 1200. The van der Waals surface area contributed by atoms with Gasteiger partial charge in [0.1, 0.15) is 7.28 Å². The van der Waals surface area contributed by atoms with Crippen LogP contribution in [0.2, 0.25) is 6.82 Å². The van der Waals surface area contributed by atoms with Gasteiger partial charge in [0.2, 0.25) is 0 Å². The number of benzene rings is 4. The molecule has 0 saturated carbocycles. The lowest BCUT2D eigenvalue weighted by Crippen LogP contribution is -2.17. The number of rotatable bonds is 1. The second-order valence-electron chi connectivity index (χ2n) is 7.64. The molecule has 125 valence electrons. The first-order chi connectivity index (χ1) is 12.6. The molecule has 1 aliphatic rings. The lowest BCUT2D eigenvalue weighted by atomic mass is 9.67. The van der Waals surface area contributed by atoms with Gasteiger partial charge in [0, 0.05) is 9.89 Å². The van der Waals surface area contributed by atoms with Gasteiger partial charge in [0.05, 0.1) is 0 Å². The second kappa shape index (κ2) is 5.47. The molecule has 0 nitrogen and oxygen atoms in total. The monoisotopic (exact) mass is 397 g/mol. The Labute approximate surface area is 163 Å². The summed E-state index contributed by atoms with van der Waals surface area (Å²) in [6.45, 7) is 6.84. The first-order valence-corrected chi connectivity index (χ1v) is 9.91. The second-order valence-corrected chi connectivity index (χ2v) is 8.44. The number of hydrogen-bond donors (Lipinski definition) is 0. The zero-order valence-corrected chi connectivity index (χ0v) is 16.8. The molecule has 0 fully saturated rings. The van der Waals surface area contributed by atoms with Crippen LogP contribution in [0.1, 0.15) is 25.0 Å². The highest BCUT2D eigenvalue weighted by molar-refractivity contribution is 9.10. The predicted octanol–water partition coefficient (Wildman–Crippen LogP) is 6.44. The van der Waals surface area contributed by atoms with E-state index in [0.717, 1.165) is 0 Å². The van der Waals surface area contributed by atoms with Gasteiger partial charge >= 0.3 is 0 Å².